The largest absolute Gasteiger partial charge is 0.481 e. The summed E-state index contributed by atoms with van der Waals surface area (Å²) in [6.45, 7) is 7.10. The fourth-order valence-corrected chi connectivity index (χ4v) is 2.94. The summed E-state index contributed by atoms with van der Waals surface area (Å²) in [6.07, 6.45) is 4.01. The molecule has 3 rings (SSSR count). The summed E-state index contributed by atoms with van der Waals surface area (Å²) in [5.41, 5.74) is 2.64. The summed E-state index contributed by atoms with van der Waals surface area (Å²) in [5, 5.41) is 0. The van der Waals surface area contributed by atoms with Gasteiger partial charge in [0.1, 0.15) is 0 Å². The quantitative estimate of drug-likeness (QED) is 0.846. The highest BCUT2D eigenvalue weighted by Gasteiger charge is 2.19. The molecule has 1 fully saturated rings. The number of anilines is 1. The standard InChI is InChI=1S/C19H24N4O/c1-16(14-17-6-4-3-5-7-17)15-22-10-12-23(13-11-22)19-20-9-8-18(21-19)24-2/h3-9,14H,10-13,15H2,1-2H3/b16-14+. The van der Waals surface area contributed by atoms with E-state index < -0.39 is 0 Å². The number of methoxy groups -OCH3 is 1. The second-order valence-electron chi connectivity index (χ2n) is 6.06. The van der Waals surface area contributed by atoms with Crippen LogP contribution < -0.4 is 9.64 Å². The first kappa shape index (κ1) is 16.5. The van der Waals surface area contributed by atoms with Gasteiger partial charge >= 0.3 is 0 Å². The maximum atomic E-state index is 5.18. The van der Waals surface area contributed by atoms with Crippen molar-refractivity contribution in [3.05, 3.63) is 53.7 Å². The lowest BCUT2D eigenvalue weighted by Gasteiger charge is -2.34. The van der Waals surface area contributed by atoms with E-state index in [4.69, 9.17) is 4.74 Å². The van der Waals surface area contributed by atoms with Crippen LogP contribution in [0.25, 0.3) is 6.08 Å². The van der Waals surface area contributed by atoms with Crippen LogP contribution >= 0.6 is 0 Å². The minimum absolute atomic E-state index is 0.615. The second-order valence-corrected chi connectivity index (χ2v) is 6.06. The number of piperazine rings is 1. The number of benzene rings is 1. The number of rotatable bonds is 5. The Morgan fingerprint density at radius 3 is 2.58 bits per heavy atom. The van der Waals surface area contributed by atoms with Crippen molar-refractivity contribution in [1.82, 2.24) is 14.9 Å². The zero-order valence-electron chi connectivity index (χ0n) is 14.4. The van der Waals surface area contributed by atoms with Crippen LogP contribution in [0.1, 0.15) is 12.5 Å². The van der Waals surface area contributed by atoms with Gasteiger partial charge in [-0.1, -0.05) is 42.0 Å². The third-order valence-corrected chi connectivity index (χ3v) is 4.17. The van der Waals surface area contributed by atoms with Crippen molar-refractivity contribution in [1.29, 1.82) is 0 Å². The fourth-order valence-electron chi connectivity index (χ4n) is 2.94. The fraction of sp³-hybridized carbons (Fsp3) is 0.368. The highest BCUT2D eigenvalue weighted by molar-refractivity contribution is 5.52. The molecule has 2 aromatic rings. The molecule has 0 N–H and O–H groups in total. The third kappa shape index (κ3) is 4.32. The van der Waals surface area contributed by atoms with Crippen LogP contribution in [0.2, 0.25) is 0 Å². The molecule has 0 radical (unpaired) electrons. The minimum Gasteiger partial charge on any atom is -0.481 e. The molecule has 5 nitrogen and oxygen atoms in total. The number of nitrogens with zero attached hydrogens (tertiary/aromatic N) is 4. The highest BCUT2D eigenvalue weighted by atomic mass is 16.5. The molecule has 0 saturated carbocycles. The molecule has 1 aliphatic heterocycles. The summed E-state index contributed by atoms with van der Waals surface area (Å²) in [5.74, 6) is 1.37. The number of hydrogen-bond acceptors (Lipinski definition) is 5. The molecular formula is C19H24N4O. The summed E-state index contributed by atoms with van der Waals surface area (Å²) >= 11 is 0. The summed E-state index contributed by atoms with van der Waals surface area (Å²) in [6, 6.07) is 12.3. The lowest BCUT2D eigenvalue weighted by atomic mass is 10.1. The molecule has 5 heteroatoms. The smallest absolute Gasteiger partial charge is 0.228 e. The van der Waals surface area contributed by atoms with Gasteiger partial charge in [-0.25, -0.2) is 4.98 Å². The predicted octanol–water partition coefficient (Wildman–Crippen LogP) is 2.71. The van der Waals surface area contributed by atoms with Gasteiger partial charge in [0.05, 0.1) is 7.11 Å². The number of aromatic nitrogens is 2. The molecule has 1 aromatic heterocycles. The van der Waals surface area contributed by atoms with Gasteiger partial charge in [-0.2, -0.15) is 4.98 Å². The van der Waals surface area contributed by atoms with Crippen LogP contribution in [0.15, 0.2) is 48.2 Å². The van der Waals surface area contributed by atoms with Crippen LogP contribution in [0.5, 0.6) is 5.88 Å². The molecule has 1 aliphatic rings. The van der Waals surface area contributed by atoms with Crippen molar-refractivity contribution >= 4 is 12.0 Å². The molecule has 2 heterocycles. The average molecular weight is 324 g/mol. The minimum atomic E-state index is 0.615. The molecule has 1 saturated heterocycles. The van der Waals surface area contributed by atoms with Gasteiger partial charge in [0.25, 0.3) is 0 Å². The highest BCUT2D eigenvalue weighted by Crippen LogP contribution is 2.15. The van der Waals surface area contributed by atoms with Gasteiger partial charge in [0.15, 0.2) is 0 Å². The summed E-state index contributed by atoms with van der Waals surface area (Å²) < 4.78 is 5.18. The van der Waals surface area contributed by atoms with Gasteiger partial charge < -0.3 is 9.64 Å². The molecular weight excluding hydrogens is 300 g/mol. The normalized spacial score (nSPS) is 16.2. The van der Waals surface area contributed by atoms with Crippen molar-refractivity contribution in [3.8, 4) is 5.88 Å². The Labute approximate surface area is 143 Å². The Morgan fingerprint density at radius 1 is 1.12 bits per heavy atom. The van der Waals surface area contributed by atoms with Crippen LogP contribution in [0, 0.1) is 0 Å². The monoisotopic (exact) mass is 324 g/mol. The molecule has 24 heavy (non-hydrogen) atoms. The molecule has 0 aliphatic carbocycles. The summed E-state index contributed by atoms with van der Waals surface area (Å²) in [4.78, 5) is 13.5. The first-order valence-electron chi connectivity index (χ1n) is 8.31. The lowest BCUT2D eigenvalue weighted by molar-refractivity contribution is 0.277. The van der Waals surface area contributed by atoms with Crippen molar-refractivity contribution in [3.63, 3.8) is 0 Å². The molecule has 0 spiro atoms. The summed E-state index contributed by atoms with van der Waals surface area (Å²) in [7, 11) is 1.63. The SMILES string of the molecule is COc1ccnc(N2CCN(C/C(C)=C/c3ccccc3)CC2)n1. The van der Waals surface area contributed by atoms with Crippen LogP contribution in [0.4, 0.5) is 5.95 Å². The molecule has 0 atom stereocenters. The Balaban J connectivity index is 1.54. The topological polar surface area (TPSA) is 41.5 Å². The van der Waals surface area contributed by atoms with Crippen molar-refractivity contribution < 1.29 is 4.74 Å². The van der Waals surface area contributed by atoms with Crippen LogP contribution in [-0.2, 0) is 0 Å². The van der Waals surface area contributed by atoms with Crippen LogP contribution in [0.3, 0.4) is 0 Å². The molecule has 1 aromatic carbocycles. The van der Waals surface area contributed by atoms with E-state index in [1.54, 1.807) is 19.4 Å². The van der Waals surface area contributed by atoms with Gasteiger partial charge in [-0.05, 0) is 12.5 Å². The Kier molecular flexibility index (Phi) is 5.43. The van der Waals surface area contributed by atoms with Gasteiger partial charge in [-0.15, -0.1) is 0 Å². The van der Waals surface area contributed by atoms with Gasteiger partial charge in [0, 0.05) is 45.0 Å². The molecule has 0 unspecified atom stereocenters. The second kappa shape index (κ2) is 7.93. The van der Waals surface area contributed by atoms with E-state index in [2.05, 4.69) is 57.0 Å². The Hall–Kier alpha value is -2.40. The van der Waals surface area contributed by atoms with E-state index >= 15 is 0 Å². The number of hydrogen-bond donors (Lipinski definition) is 0. The van der Waals surface area contributed by atoms with Crippen molar-refractivity contribution in [2.45, 2.75) is 6.92 Å². The van der Waals surface area contributed by atoms with Gasteiger partial charge in [-0.3, -0.25) is 4.90 Å². The van der Waals surface area contributed by atoms with Crippen LogP contribution in [-0.4, -0.2) is 54.7 Å². The Bertz CT molecular complexity index is 679. The van der Waals surface area contributed by atoms with Crippen molar-refractivity contribution in [2.24, 2.45) is 0 Å². The zero-order chi connectivity index (χ0) is 16.8. The maximum absolute atomic E-state index is 5.18. The van der Waals surface area contributed by atoms with E-state index in [1.807, 2.05) is 6.07 Å². The first-order chi connectivity index (χ1) is 11.7. The van der Waals surface area contributed by atoms with Crippen molar-refractivity contribution in [2.75, 3.05) is 44.7 Å². The first-order valence-corrected chi connectivity index (χ1v) is 8.31. The van der Waals surface area contributed by atoms with E-state index in [0.717, 1.165) is 38.7 Å². The molecule has 126 valence electrons. The lowest BCUT2D eigenvalue weighted by Crippen LogP contribution is -2.47. The molecule has 0 bridgehead atoms. The van der Waals surface area contributed by atoms with E-state index in [0.29, 0.717) is 5.88 Å². The van der Waals surface area contributed by atoms with E-state index in [9.17, 15) is 0 Å². The third-order valence-electron chi connectivity index (χ3n) is 4.17. The van der Waals surface area contributed by atoms with E-state index in [-0.39, 0.29) is 0 Å². The van der Waals surface area contributed by atoms with Gasteiger partial charge in [0.2, 0.25) is 11.8 Å². The predicted molar refractivity (Wildman–Crippen MR) is 97.3 cm³/mol. The number of ether oxygens (including phenoxy) is 1. The average Bonchev–Trinajstić information content (AvgIpc) is 2.63. The maximum Gasteiger partial charge on any atom is 0.228 e. The molecule has 0 amide bonds. The zero-order valence-corrected chi connectivity index (χ0v) is 14.4. The van der Waals surface area contributed by atoms with E-state index in [1.165, 1.54) is 11.1 Å². The Morgan fingerprint density at radius 2 is 1.88 bits per heavy atom.